The zero-order valence-corrected chi connectivity index (χ0v) is 14.4. The first-order chi connectivity index (χ1) is 10.8. The second kappa shape index (κ2) is 6.02. The molecule has 114 valence electrons. The lowest BCUT2D eigenvalue weighted by Gasteiger charge is -2.11. The van der Waals surface area contributed by atoms with Crippen LogP contribution in [0.15, 0.2) is 39.6 Å². The third-order valence-electron chi connectivity index (χ3n) is 3.94. The molecule has 1 atom stereocenters. The maximum atomic E-state index is 5.74. The van der Waals surface area contributed by atoms with Crippen molar-refractivity contribution in [2.24, 2.45) is 0 Å². The van der Waals surface area contributed by atoms with E-state index in [0.717, 1.165) is 52.9 Å². The van der Waals surface area contributed by atoms with E-state index in [1.165, 1.54) is 0 Å². The lowest BCUT2D eigenvalue weighted by atomic mass is 10.2. The van der Waals surface area contributed by atoms with Crippen LogP contribution in [0.25, 0.3) is 10.9 Å². The first-order valence-corrected chi connectivity index (χ1v) is 9.11. The molecule has 1 aliphatic heterocycles. The highest BCUT2D eigenvalue weighted by Crippen LogP contribution is 2.33. The fourth-order valence-corrected chi connectivity index (χ4v) is 4.09. The molecule has 3 aromatic rings. The van der Waals surface area contributed by atoms with E-state index in [1.54, 1.807) is 11.3 Å². The average Bonchev–Trinajstić information content (AvgIpc) is 3.24. The number of benzene rings is 1. The van der Waals surface area contributed by atoms with Gasteiger partial charge in [-0.1, -0.05) is 6.07 Å². The van der Waals surface area contributed by atoms with Gasteiger partial charge in [0.15, 0.2) is 0 Å². The summed E-state index contributed by atoms with van der Waals surface area (Å²) in [5.41, 5.74) is 3.31. The molecule has 2 aromatic heterocycles. The summed E-state index contributed by atoms with van der Waals surface area (Å²) in [4.78, 5) is 0. The Labute approximate surface area is 141 Å². The first-order valence-electron chi connectivity index (χ1n) is 7.37. The Balaban J connectivity index is 1.71. The predicted molar refractivity (Wildman–Crippen MR) is 94.0 cm³/mol. The van der Waals surface area contributed by atoms with Gasteiger partial charge in [0.2, 0.25) is 0 Å². The number of rotatable bonds is 4. The van der Waals surface area contributed by atoms with Crippen LogP contribution >= 0.6 is 27.3 Å². The molecule has 1 aliphatic rings. The monoisotopic (exact) mass is 377 g/mol. The molecule has 1 fully saturated rings. The number of ether oxygens (including phenoxy) is 1. The van der Waals surface area contributed by atoms with E-state index in [9.17, 15) is 0 Å². The van der Waals surface area contributed by atoms with E-state index in [2.05, 4.69) is 61.4 Å². The van der Waals surface area contributed by atoms with Gasteiger partial charge in [-0.3, -0.25) is 4.68 Å². The Bertz CT molecular complexity index is 778. The summed E-state index contributed by atoms with van der Waals surface area (Å²) in [6.45, 7) is 1.68. The number of thiophene rings is 1. The van der Waals surface area contributed by atoms with Crippen molar-refractivity contribution in [1.82, 2.24) is 9.78 Å². The highest BCUT2D eigenvalue weighted by atomic mass is 79.9. The van der Waals surface area contributed by atoms with Crippen LogP contribution < -0.4 is 5.32 Å². The van der Waals surface area contributed by atoms with Gasteiger partial charge < -0.3 is 10.1 Å². The zero-order valence-electron chi connectivity index (χ0n) is 12.0. The Morgan fingerprint density at radius 1 is 1.41 bits per heavy atom. The molecule has 4 nitrogen and oxygen atoms in total. The molecule has 1 N–H and O–H groups in total. The van der Waals surface area contributed by atoms with Crippen molar-refractivity contribution in [1.29, 1.82) is 0 Å². The highest BCUT2D eigenvalue weighted by molar-refractivity contribution is 9.10. The normalized spacial score (nSPS) is 18.1. The molecule has 22 heavy (non-hydrogen) atoms. The van der Waals surface area contributed by atoms with Crippen molar-refractivity contribution in [3.8, 4) is 0 Å². The quantitative estimate of drug-likeness (QED) is 0.710. The van der Waals surface area contributed by atoms with Crippen LogP contribution in [0, 0.1) is 0 Å². The van der Waals surface area contributed by atoms with Crippen LogP contribution in [0.1, 0.15) is 12.8 Å². The smallest absolute Gasteiger partial charge is 0.138 e. The SMILES string of the molecule is Brc1nn(CC2CCCO2)c2cccc(Nc3ccsc3)c12. The molecule has 4 rings (SSSR count). The van der Waals surface area contributed by atoms with Crippen molar-refractivity contribution >= 4 is 49.5 Å². The minimum atomic E-state index is 0.281. The fourth-order valence-electron chi connectivity index (χ4n) is 2.90. The number of hydrogen-bond acceptors (Lipinski definition) is 4. The number of aromatic nitrogens is 2. The number of fused-ring (bicyclic) bond motifs is 1. The standard InChI is InChI=1S/C16H16BrN3OS/c17-16-15-13(18-11-6-8-22-10-11)4-1-5-14(15)20(19-16)9-12-3-2-7-21-12/h1,4-6,8,10,12,18H,2-3,7,9H2. The van der Waals surface area contributed by atoms with Gasteiger partial charge in [-0.2, -0.15) is 16.4 Å². The van der Waals surface area contributed by atoms with Crippen molar-refractivity contribution in [2.45, 2.75) is 25.5 Å². The van der Waals surface area contributed by atoms with Crippen LogP contribution in [0.5, 0.6) is 0 Å². The Morgan fingerprint density at radius 3 is 3.14 bits per heavy atom. The van der Waals surface area contributed by atoms with Crippen LogP contribution in [0.2, 0.25) is 0 Å². The lowest BCUT2D eigenvalue weighted by molar-refractivity contribution is 0.0950. The van der Waals surface area contributed by atoms with Crippen molar-refractivity contribution in [3.63, 3.8) is 0 Å². The van der Waals surface area contributed by atoms with E-state index in [0.29, 0.717) is 0 Å². The third-order valence-corrected chi connectivity index (χ3v) is 5.17. The molecule has 1 unspecified atom stereocenters. The Hall–Kier alpha value is -1.37. The van der Waals surface area contributed by atoms with Crippen molar-refractivity contribution < 1.29 is 4.74 Å². The van der Waals surface area contributed by atoms with Gasteiger partial charge >= 0.3 is 0 Å². The van der Waals surface area contributed by atoms with E-state index in [-0.39, 0.29) is 6.10 Å². The van der Waals surface area contributed by atoms with Gasteiger partial charge in [0.25, 0.3) is 0 Å². The number of anilines is 2. The zero-order chi connectivity index (χ0) is 14.9. The minimum absolute atomic E-state index is 0.281. The summed E-state index contributed by atoms with van der Waals surface area (Å²) >= 11 is 5.30. The van der Waals surface area contributed by atoms with Gasteiger partial charge in [-0.15, -0.1) is 0 Å². The van der Waals surface area contributed by atoms with E-state index in [1.807, 2.05) is 4.68 Å². The molecule has 0 bridgehead atoms. The summed E-state index contributed by atoms with van der Waals surface area (Å²) in [6, 6.07) is 8.34. The second-order valence-electron chi connectivity index (χ2n) is 5.44. The predicted octanol–water partition coefficient (Wildman–Crippen LogP) is 4.78. The van der Waals surface area contributed by atoms with Crippen molar-refractivity contribution in [3.05, 3.63) is 39.6 Å². The van der Waals surface area contributed by atoms with Gasteiger partial charge in [-0.25, -0.2) is 0 Å². The average molecular weight is 378 g/mol. The van der Waals surface area contributed by atoms with Gasteiger partial charge in [0.05, 0.1) is 29.2 Å². The first kappa shape index (κ1) is 14.2. The second-order valence-corrected chi connectivity index (χ2v) is 6.98. The maximum absolute atomic E-state index is 5.74. The maximum Gasteiger partial charge on any atom is 0.138 e. The summed E-state index contributed by atoms with van der Waals surface area (Å²) in [5.74, 6) is 0. The van der Waals surface area contributed by atoms with E-state index < -0.39 is 0 Å². The van der Waals surface area contributed by atoms with Gasteiger partial charge in [0, 0.05) is 17.7 Å². The summed E-state index contributed by atoms with van der Waals surface area (Å²) in [7, 11) is 0. The Kier molecular flexibility index (Phi) is 3.90. The Morgan fingerprint density at radius 2 is 2.36 bits per heavy atom. The molecule has 1 saturated heterocycles. The number of halogens is 1. The molecule has 3 heterocycles. The summed E-state index contributed by atoms with van der Waals surface area (Å²) < 4.78 is 8.66. The molecular weight excluding hydrogens is 362 g/mol. The number of nitrogens with one attached hydrogen (secondary N) is 1. The molecular formula is C16H16BrN3OS. The molecule has 1 aromatic carbocycles. The van der Waals surface area contributed by atoms with Gasteiger partial charge in [0.1, 0.15) is 4.60 Å². The molecule has 0 aliphatic carbocycles. The fraction of sp³-hybridized carbons (Fsp3) is 0.312. The van der Waals surface area contributed by atoms with Crippen LogP contribution in [0.3, 0.4) is 0 Å². The van der Waals surface area contributed by atoms with Crippen molar-refractivity contribution in [2.75, 3.05) is 11.9 Å². The molecule has 0 saturated carbocycles. The van der Waals surface area contributed by atoms with E-state index in [4.69, 9.17) is 4.74 Å². The highest BCUT2D eigenvalue weighted by Gasteiger charge is 2.19. The molecule has 6 heteroatoms. The topological polar surface area (TPSA) is 39.1 Å². The van der Waals surface area contributed by atoms with Crippen LogP contribution in [-0.4, -0.2) is 22.5 Å². The molecule has 0 amide bonds. The summed E-state index contributed by atoms with van der Waals surface area (Å²) in [5, 5.41) is 13.4. The molecule has 0 spiro atoms. The van der Waals surface area contributed by atoms with Crippen LogP contribution in [-0.2, 0) is 11.3 Å². The molecule has 0 radical (unpaired) electrons. The van der Waals surface area contributed by atoms with Crippen LogP contribution in [0.4, 0.5) is 11.4 Å². The van der Waals surface area contributed by atoms with E-state index >= 15 is 0 Å². The number of nitrogens with zero attached hydrogens (tertiary/aromatic N) is 2. The third kappa shape index (κ3) is 2.66. The van der Waals surface area contributed by atoms with Gasteiger partial charge in [-0.05, 0) is 52.4 Å². The summed E-state index contributed by atoms with van der Waals surface area (Å²) in [6.07, 6.45) is 2.55. The lowest BCUT2D eigenvalue weighted by Crippen LogP contribution is -2.15. The largest absolute Gasteiger partial charge is 0.376 e. The minimum Gasteiger partial charge on any atom is -0.376 e. The number of hydrogen-bond donors (Lipinski definition) is 1.